The maximum absolute atomic E-state index is 12.4. The van der Waals surface area contributed by atoms with Crippen molar-refractivity contribution in [2.24, 2.45) is 0 Å². The van der Waals surface area contributed by atoms with Gasteiger partial charge in [-0.3, -0.25) is 9.59 Å². The summed E-state index contributed by atoms with van der Waals surface area (Å²) in [7, 11) is 0. The molecule has 1 aromatic carbocycles. The van der Waals surface area contributed by atoms with Gasteiger partial charge in [0.25, 0.3) is 0 Å². The number of esters is 1. The summed E-state index contributed by atoms with van der Waals surface area (Å²) in [5.74, 6) is -1.15. The van der Waals surface area contributed by atoms with Crippen molar-refractivity contribution in [1.82, 2.24) is 5.32 Å². The summed E-state index contributed by atoms with van der Waals surface area (Å²) in [6.07, 6.45) is 6.89. The smallest absolute Gasteiger partial charge is 0.341 e. The summed E-state index contributed by atoms with van der Waals surface area (Å²) >= 11 is 1.43. The minimum absolute atomic E-state index is 0.178. The quantitative estimate of drug-likeness (QED) is 0.538. The highest BCUT2D eigenvalue weighted by molar-refractivity contribution is 7.17. The van der Waals surface area contributed by atoms with Crippen LogP contribution in [0.5, 0.6) is 0 Å². The number of hydrogen-bond donors (Lipinski definition) is 2. The zero-order chi connectivity index (χ0) is 20.6. The molecule has 0 fully saturated rings. The van der Waals surface area contributed by atoms with Crippen molar-refractivity contribution >= 4 is 40.2 Å². The number of carbonyl (C=O) groups excluding carboxylic acids is 3. The number of thiophene rings is 1. The molecule has 0 unspecified atom stereocenters. The summed E-state index contributed by atoms with van der Waals surface area (Å²) in [6.45, 7) is 1.86. The molecular formula is C22H24N2O4S. The highest BCUT2D eigenvalue weighted by Gasteiger charge is 2.27. The van der Waals surface area contributed by atoms with E-state index in [4.69, 9.17) is 4.74 Å². The van der Waals surface area contributed by atoms with Crippen LogP contribution < -0.4 is 10.6 Å². The van der Waals surface area contributed by atoms with Crippen LogP contribution in [0.4, 0.5) is 5.00 Å². The van der Waals surface area contributed by atoms with Crippen molar-refractivity contribution in [2.75, 3.05) is 18.5 Å². The molecule has 0 aliphatic heterocycles. The maximum Gasteiger partial charge on any atom is 0.341 e. The number of carbonyl (C=O) groups is 3. The van der Waals surface area contributed by atoms with Crippen molar-refractivity contribution in [3.05, 3.63) is 58.0 Å². The van der Waals surface area contributed by atoms with Gasteiger partial charge in [-0.2, -0.15) is 0 Å². The van der Waals surface area contributed by atoms with E-state index in [2.05, 4.69) is 10.6 Å². The van der Waals surface area contributed by atoms with Gasteiger partial charge >= 0.3 is 5.97 Å². The molecule has 0 bridgehead atoms. The second-order valence-corrected chi connectivity index (χ2v) is 7.75. The molecule has 6 nitrogen and oxygen atoms in total. The lowest BCUT2D eigenvalue weighted by Crippen LogP contribution is -2.31. The minimum atomic E-state index is -0.406. The number of nitrogens with one attached hydrogen (secondary N) is 2. The Kier molecular flexibility index (Phi) is 7.19. The number of benzene rings is 1. The number of ether oxygens (including phenoxy) is 1. The molecule has 152 valence electrons. The van der Waals surface area contributed by atoms with Gasteiger partial charge in [-0.25, -0.2) is 4.79 Å². The van der Waals surface area contributed by atoms with Crippen LogP contribution in [0.2, 0.25) is 0 Å². The van der Waals surface area contributed by atoms with Crippen molar-refractivity contribution in [1.29, 1.82) is 0 Å². The molecule has 0 atom stereocenters. The predicted octanol–water partition coefficient (Wildman–Crippen LogP) is 3.57. The topological polar surface area (TPSA) is 84.5 Å². The molecule has 2 N–H and O–H groups in total. The van der Waals surface area contributed by atoms with Gasteiger partial charge in [0.15, 0.2) is 0 Å². The van der Waals surface area contributed by atoms with Gasteiger partial charge in [-0.15, -0.1) is 11.3 Å². The fourth-order valence-electron chi connectivity index (χ4n) is 3.21. The Labute approximate surface area is 174 Å². The monoisotopic (exact) mass is 412 g/mol. The second kappa shape index (κ2) is 10.0. The van der Waals surface area contributed by atoms with E-state index in [0.717, 1.165) is 41.7 Å². The van der Waals surface area contributed by atoms with E-state index >= 15 is 0 Å². The lowest BCUT2D eigenvalue weighted by molar-refractivity contribution is -0.121. The number of hydrogen-bond acceptors (Lipinski definition) is 5. The van der Waals surface area contributed by atoms with Gasteiger partial charge in [0, 0.05) is 11.0 Å². The molecule has 1 heterocycles. The SMILES string of the molecule is CCOC(=O)c1c(NC(=O)CNC(=O)C=Cc2ccccc2)sc2c1CCCC2. The molecule has 0 saturated carbocycles. The van der Waals surface area contributed by atoms with Crippen molar-refractivity contribution < 1.29 is 19.1 Å². The lowest BCUT2D eigenvalue weighted by atomic mass is 9.95. The third kappa shape index (κ3) is 5.54. The van der Waals surface area contributed by atoms with E-state index in [0.29, 0.717) is 10.6 Å². The standard InChI is InChI=1S/C22H24N2O4S/c1-2-28-22(27)20-16-10-6-7-11-17(16)29-21(20)24-19(26)14-23-18(25)13-12-15-8-4-3-5-9-15/h3-5,8-9,12-13H,2,6-7,10-11,14H2,1H3,(H,23,25)(H,24,26). The summed E-state index contributed by atoms with van der Waals surface area (Å²) in [6, 6.07) is 9.42. The number of amides is 2. The van der Waals surface area contributed by atoms with Crippen LogP contribution in [-0.2, 0) is 27.2 Å². The van der Waals surface area contributed by atoms with E-state index < -0.39 is 5.97 Å². The van der Waals surface area contributed by atoms with E-state index in [9.17, 15) is 14.4 Å². The Morgan fingerprint density at radius 2 is 1.90 bits per heavy atom. The van der Waals surface area contributed by atoms with Crippen LogP contribution in [0, 0.1) is 0 Å². The number of fused-ring (bicyclic) bond motifs is 1. The fraction of sp³-hybridized carbons (Fsp3) is 0.318. The van der Waals surface area contributed by atoms with Gasteiger partial charge < -0.3 is 15.4 Å². The molecule has 29 heavy (non-hydrogen) atoms. The van der Waals surface area contributed by atoms with Crippen molar-refractivity contribution in [2.45, 2.75) is 32.6 Å². The number of anilines is 1. The van der Waals surface area contributed by atoms with E-state index in [1.807, 2.05) is 30.3 Å². The van der Waals surface area contributed by atoms with Crippen LogP contribution in [0.15, 0.2) is 36.4 Å². The summed E-state index contributed by atoms with van der Waals surface area (Å²) in [4.78, 5) is 37.8. The molecule has 1 aromatic heterocycles. The maximum atomic E-state index is 12.4. The first-order chi connectivity index (χ1) is 14.1. The van der Waals surface area contributed by atoms with Crippen LogP contribution in [-0.4, -0.2) is 30.9 Å². The Hall–Kier alpha value is -2.93. The van der Waals surface area contributed by atoms with Crippen LogP contribution in [0.25, 0.3) is 6.08 Å². The first kappa shape index (κ1) is 20.8. The molecule has 1 aliphatic rings. The number of aryl methyl sites for hydroxylation is 1. The fourth-order valence-corrected chi connectivity index (χ4v) is 4.50. The van der Waals surface area contributed by atoms with Gasteiger partial charge in [0.1, 0.15) is 5.00 Å². The first-order valence-corrected chi connectivity index (χ1v) is 10.5. The third-order valence-electron chi connectivity index (χ3n) is 4.55. The second-order valence-electron chi connectivity index (χ2n) is 6.65. The molecule has 7 heteroatoms. The highest BCUT2D eigenvalue weighted by Crippen LogP contribution is 2.38. The third-order valence-corrected chi connectivity index (χ3v) is 5.76. The van der Waals surface area contributed by atoms with E-state index in [1.54, 1.807) is 13.0 Å². The van der Waals surface area contributed by atoms with E-state index in [-0.39, 0.29) is 25.0 Å². The van der Waals surface area contributed by atoms with Crippen LogP contribution in [0.1, 0.15) is 46.1 Å². The molecule has 0 radical (unpaired) electrons. The Morgan fingerprint density at radius 3 is 2.66 bits per heavy atom. The van der Waals surface area contributed by atoms with Gasteiger partial charge in [-0.05, 0) is 49.8 Å². The molecule has 0 spiro atoms. The Bertz CT molecular complexity index is 918. The summed E-state index contributed by atoms with van der Waals surface area (Å²) in [5, 5.41) is 5.84. The van der Waals surface area contributed by atoms with Crippen LogP contribution in [0.3, 0.4) is 0 Å². The number of rotatable bonds is 7. The summed E-state index contributed by atoms with van der Waals surface area (Å²) in [5.41, 5.74) is 2.36. The average Bonchev–Trinajstić information content (AvgIpc) is 3.09. The molecule has 0 saturated heterocycles. The molecule has 2 aromatic rings. The largest absolute Gasteiger partial charge is 0.462 e. The van der Waals surface area contributed by atoms with Crippen molar-refractivity contribution in [3.63, 3.8) is 0 Å². The highest BCUT2D eigenvalue weighted by atomic mass is 32.1. The summed E-state index contributed by atoms with van der Waals surface area (Å²) < 4.78 is 5.18. The minimum Gasteiger partial charge on any atom is -0.462 e. The molecule has 3 rings (SSSR count). The predicted molar refractivity (Wildman–Crippen MR) is 114 cm³/mol. The normalized spacial score (nSPS) is 13.0. The van der Waals surface area contributed by atoms with Gasteiger partial charge in [0.05, 0.1) is 18.7 Å². The zero-order valence-corrected chi connectivity index (χ0v) is 17.1. The Morgan fingerprint density at radius 1 is 1.14 bits per heavy atom. The van der Waals surface area contributed by atoms with E-state index in [1.165, 1.54) is 17.4 Å². The molecular weight excluding hydrogens is 388 g/mol. The average molecular weight is 413 g/mol. The molecule has 2 amide bonds. The van der Waals surface area contributed by atoms with Crippen LogP contribution >= 0.6 is 11.3 Å². The van der Waals surface area contributed by atoms with Gasteiger partial charge in [-0.1, -0.05) is 30.3 Å². The Balaban J connectivity index is 1.61. The molecule has 1 aliphatic carbocycles. The van der Waals surface area contributed by atoms with Crippen molar-refractivity contribution in [3.8, 4) is 0 Å². The lowest BCUT2D eigenvalue weighted by Gasteiger charge is -2.12. The zero-order valence-electron chi connectivity index (χ0n) is 16.3. The first-order valence-electron chi connectivity index (χ1n) is 9.71. The van der Waals surface area contributed by atoms with Gasteiger partial charge in [0.2, 0.25) is 11.8 Å².